The summed E-state index contributed by atoms with van der Waals surface area (Å²) in [5.74, 6) is -1.58. The van der Waals surface area contributed by atoms with E-state index in [4.69, 9.17) is 4.74 Å². The Hall–Kier alpha value is -3.33. The van der Waals surface area contributed by atoms with Crippen LogP contribution in [0.2, 0.25) is 0 Å². The first-order valence-electron chi connectivity index (χ1n) is 10.6. The van der Waals surface area contributed by atoms with Gasteiger partial charge in [-0.05, 0) is 43.4 Å². The van der Waals surface area contributed by atoms with E-state index >= 15 is 0 Å². The summed E-state index contributed by atoms with van der Waals surface area (Å²) in [6, 6.07) is 13.8. The number of hydrogen-bond acceptors (Lipinski definition) is 6. The fraction of sp³-hybridized carbons (Fsp3) is 0.333. The molecule has 1 aliphatic heterocycles. The minimum Gasteiger partial charge on any atom is -0.457 e. The maximum Gasteiger partial charge on any atom is 0.321 e. The van der Waals surface area contributed by atoms with Gasteiger partial charge < -0.3 is 20.3 Å². The Morgan fingerprint density at radius 1 is 1.09 bits per heavy atom. The molecule has 1 aliphatic rings. The molecule has 9 heteroatoms. The van der Waals surface area contributed by atoms with Crippen LogP contribution in [0.5, 0.6) is 0 Å². The number of piperidine rings is 1. The van der Waals surface area contributed by atoms with Gasteiger partial charge in [0, 0.05) is 36.2 Å². The average molecular weight is 470 g/mol. The number of benzene rings is 2. The second-order valence-corrected chi connectivity index (χ2v) is 8.56. The predicted molar refractivity (Wildman–Crippen MR) is 128 cm³/mol. The lowest BCUT2D eigenvalue weighted by Crippen LogP contribution is -2.44. The molecule has 2 N–H and O–H groups in total. The molecule has 0 spiro atoms. The predicted octanol–water partition coefficient (Wildman–Crippen LogP) is 4.04. The number of Topliss-reactive ketones (excluding diaryl/α,β-unsaturated/α-hetero) is 1. The third-order valence-corrected chi connectivity index (χ3v) is 6.04. The minimum atomic E-state index is -0.497. The molecule has 8 nitrogen and oxygen atoms in total. The van der Waals surface area contributed by atoms with E-state index in [0.717, 1.165) is 4.90 Å². The monoisotopic (exact) mass is 469 g/mol. The summed E-state index contributed by atoms with van der Waals surface area (Å²) in [4.78, 5) is 51.5. The first-order chi connectivity index (χ1) is 15.9. The molecule has 1 saturated heterocycles. The molecule has 0 radical (unpaired) electrons. The van der Waals surface area contributed by atoms with Crippen molar-refractivity contribution in [2.75, 3.05) is 36.6 Å². The number of carbonyl (C=O) groups excluding carboxylic acids is 4. The van der Waals surface area contributed by atoms with Crippen LogP contribution in [-0.4, -0.2) is 54.5 Å². The Morgan fingerprint density at radius 2 is 1.85 bits per heavy atom. The smallest absolute Gasteiger partial charge is 0.321 e. The number of urea groups is 1. The second kappa shape index (κ2) is 11.5. The average Bonchev–Trinajstić information content (AvgIpc) is 2.82. The Labute approximate surface area is 197 Å². The van der Waals surface area contributed by atoms with Crippen molar-refractivity contribution in [2.24, 2.45) is 5.92 Å². The number of ether oxygens (including phenoxy) is 1. The van der Waals surface area contributed by atoms with Gasteiger partial charge in [-0.2, -0.15) is 0 Å². The number of para-hydroxylation sites is 1. The van der Waals surface area contributed by atoms with E-state index in [0.29, 0.717) is 36.3 Å². The molecular formula is C24H27N3O5S. The van der Waals surface area contributed by atoms with Gasteiger partial charge in [-0.25, -0.2) is 4.79 Å². The van der Waals surface area contributed by atoms with Crippen LogP contribution in [0.15, 0.2) is 53.4 Å². The van der Waals surface area contributed by atoms with Crippen LogP contribution in [0.25, 0.3) is 0 Å². The lowest BCUT2D eigenvalue weighted by Gasteiger charge is -2.31. The van der Waals surface area contributed by atoms with E-state index in [1.54, 1.807) is 35.2 Å². The number of likely N-dealkylation sites (tertiary alicyclic amines) is 1. The van der Waals surface area contributed by atoms with Gasteiger partial charge in [0.05, 0.1) is 11.6 Å². The third kappa shape index (κ3) is 6.82. The summed E-state index contributed by atoms with van der Waals surface area (Å²) in [5, 5.41) is 5.53. The van der Waals surface area contributed by atoms with Gasteiger partial charge in [0.15, 0.2) is 12.4 Å². The highest BCUT2D eigenvalue weighted by Gasteiger charge is 2.30. The van der Waals surface area contributed by atoms with Crippen LogP contribution in [0.1, 0.15) is 30.1 Å². The standard InChI is InChI=1S/C24H27N3O5S/c1-16(28)25-20-13-17(10-11-22(20)33-2)21(29)15-32-23(30)18-7-6-12-27(14-18)24(31)26-19-8-4-3-5-9-19/h3-5,8-11,13,18H,6-7,12,14-15H2,1-2H3,(H,25,28)(H,26,31). The van der Waals surface area contributed by atoms with Crippen LogP contribution >= 0.6 is 11.8 Å². The fourth-order valence-electron chi connectivity index (χ4n) is 3.58. The molecule has 1 unspecified atom stereocenters. The van der Waals surface area contributed by atoms with Crippen LogP contribution in [-0.2, 0) is 14.3 Å². The molecule has 0 bridgehead atoms. The first kappa shape index (κ1) is 24.3. The Kier molecular flexibility index (Phi) is 8.48. The van der Waals surface area contributed by atoms with Crippen molar-refractivity contribution in [1.82, 2.24) is 4.90 Å². The topological polar surface area (TPSA) is 105 Å². The lowest BCUT2D eigenvalue weighted by molar-refractivity contribution is -0.148. The van der Waals surface area contributed by atoms with E-state index in [9.17, 15) is 19.2 Å². The summed E-state index contributed by atoms with van der Waals surface area (Å²) in [6.45, 7) is 1.79. The van der Waals surface area contributed by atoms with Gasteiger partial charge in [-0.3, -0.25) is 14.4 Å². The number of carbonyl (C=O) groups is 4. The van der Waals surface area contributed by atoms with Crippen LogP contribution in [0.4, 0.5) is 16.2 Å². The maximum atomic E-state index is 12.6. The van der Waals surface area contributed by atoms with Crippen molar-refractivity contribution >= 4 is 46.8 Å². The van der Waals surface area contributed by atoms with E-state index in [-0.39, 0.29) is 24.3 Å². The molecule has 1 atom stereocenters. The number of nitrogens with one attached hydrogen (secondary N) is 2. The number of nitrogens with zero attached hydrogens (tertiary/aromatic N) is 1. The van der Waals surface area contributed by atoms with Crippen molar-refractivity contribution in [3.05, 3.63) is 54.1 Å². The van der Waals surface area contributed by atoms with Crippen LogP contribution in [0.3, 0.4) is 0 Å². The number of hydrogen-bond donors (Lipinski definition) is 2. The van der Waals surface area contributed by atoms with E-state index < -0.39 is 18.5 Å². The van der Waals surface area contributed by atoms with E-state index in [2.05, 4.69) is 10.6 Å². The van der Waals surface area contributed by atoms with Gasteiger partial charge in [0.25, 0.3) is 0 Å². The lowest BCUT2D eigenvalue weighted by atomic mass is 9.98. The normalized spacial score (nSPS) is 15.5. The van der Waals surface area contributed by atoms with E-state index in [1.807, 2.05) is 24.5 Å². The molecule has 3 rings (SSSR count). The number of rotatable bonds is 7. The quantitative estimate of drug-likeness (QED) is 0.360. The molecule has 174 valence electrons. The highest BCUT2D eigenvalue weighted by molar-refractivity contribution is 7.98. The molecular weight excluding hydrogens is 442 g/mol. The zero-order valence-corrected chi connectivity index (χ0v) is 19.4. The molecule has 3 amide bonds. The second-order valence-electron chi connectivity index (χ2n) is 7.71. The van der Waals surface area contributed by atoms with Gasteiger partial charge in [-0.1, -0.05) is 24.3 Å². The minimum absolute atomic E-state index is 0.237. The summed E-state index contributed by atoms with van der Waals surface area (Å²) < 4.78 is 5.28. The number of thioether (sulfide) groups is 1. The molecule has 2 aromatic carbocycles. The third-order valence-electron chi connectivity index (χ3n) is 5.24. The summed E-state index contributed by atoms with van der Waals surface area (Å²) in [7, 11) is 0. The summed E-state index contributed by atoms with van der Waals surface area (Å²) >= 11 is 1.45. The van der Waals surface area contributed by atoms with Crippen molar-refractivity contribution in [3.8, 4) is 0 Å². The highest BCUT2D eigenvalue weighted by Crippen LogP contribution is 2.27. The number of amides is 3. The van der Waals surface area contributed by atoms with Crippen LogP contribution < -0.4 is 10.6 Å². The summed E-state index contributed by atoms with van der Waals surface area (Å²) in [6.07, 6.45) is 3.14. The molecule has 0 aliphatic carbocycles. The molecule has 1 heterocycles. The Balaban J connectivity index is 1.55. The number of esters is 1. The van der Waals surface area contributed by atoms with Crippen molar-refractivity contribution < 1.29 is 23.9 Å². The Morgan fingerprint density at radius 3 is 2.55 bits per heavy atom. The molecule has 0 saturated carbocycles. The van der Waals surface area contributed by atoms with Gasteiger partial charge in [0.1, 0.15) is 0 Å². The zero-order valence-electron chi connectivity index (χ0n) is 18.6. The molecule has 1 fully saturated rings. The van der Waals surface area contributed by atoms with E-state index in [1.165, 1.54) is 18.7 Å². The highest BCUT2D eigenvalue weighted by atomic mass is 32.2. The molecule has 2 aromatic rings. The fourth-order valence-corrected chi connectivity index (χ4v) is 4.12. The zero-order chi connectivity index (χ0) is 23.8. The largest absolute Gasteiger partial charge is 0.457 e. The van der Waals surface area contributed by atoms with Crippen molar-refractivity contribution in [1.29, 1.82) is 0 Å². The number of ketones is 1. The molecule has 0 aromatic heterocycles. The number of anilines is 2. The Bertz CT molecular complexity index is 1030. The van der Waals surface area contributed by atoms with Gasteiger partial charge in [-0.15, -0.1) is 11.8 Å². The summed E-state index contributed by atoms with van der Waals surface area (Å²) in [5.41, 5.74) is 1.57. The van der Waals surface area contributed by atoms with Gasteiger partial charge >= 0.3 is 12.0 Å². The van der Waals surface area contributed by atoms with Crippen molar-refractivity contribution in [3.63, 3.8) is 0 Å². The maximum absolute atomic E-state index is 12.6. The van der Waals surface area contributed by atoms with Gasteiger partial charge in [0.2, 0.25) is 5.91 Å². The first-order valence-corrected chi connectivity index (χ1v) is 11.9. The van der Waals surface area contributed by atoms with Crippen LogP contribution in [0, 0.1) is 5.92 Å². The molecule has 33 heavy (non-hydrogen) atoms. The SMILES string of the molecule is CSc1ccc(C(=O)COC(=O)C2CCCN(C(=O)Nc3ccccc3)C2)cc1NC(C)=O. The van der Waals surface area contributed by atoms with Crippen molar-refractivity contribution in [2.45, 2.75) is 24.7 Å².